The Bertz CT molecular complexity index is 693. The number of carboxylic acids is 1. The quantitative estimate of drug-likeness (QED) is 0.900. The highest BCUT2D eigenvalue weighted by molar-refractivity contribution is 6.01. The lowest BCUT2D eigenvalue weighted by Gasteiger charge is -2.15. The van der Waals surface area contributed by atoms with Crippen LogP contribution in [0, 0.1) is 12.8 Å². The topological polar surface area (TPSA) is 86.3 Å². The molecule has 2 heterocycles. The summed E-state index contributed by atoms with van der Waals surface area (Å²) < 4.78 is 0. The van der Waals surface area contributed by atoms with Gasteiger partial charge in [0.15, 0.2) is 5.82 Å². The Hall–Kier alpha value is -2.63. The number of hydrogen-bond acceptors (Lipinski definition) is 3. The van der Waals surface area contributed by atoms with Crippen LogP contribution >= 0.6 is 0 Å². The average molecular weight is 285 g/mol. The van der Waals surface area contributed by atoms with Gasteiger partial charge in [-0.3, -0.25) is 19.6 Å². The molecule has 21 heavy (non-hydrogen) atoms. The van der Waals surface area contributed by atoms with Crippen LogP contribution in [0.1, 0.15) is 12.1 Å². The fraction of sp³-hybridized carbons (Fsp3) is 0.267. The van der Waals surface area contributed by atoms with Gasteiger partial charge in [-0.25, -0.2) is 0 Å². The lowest BCUT2D eigenvalue weighted by molar-refractivity contribution is -0.141. The third kappa shape index (κ3) is 2.29. The molecule has 0 saturated carbocycles. The van der Waals surface area contributed by atoms with Crippen molar-refractivity contribution in [2.75, 3.05) is 11.4 Å². The van der Waals surface area contributed by atoms with E-state index in [2.05, 4.69) is 10.2 Å². The molecule has 1 aromatic carbocycles. The first-order chi connectivity index (χ1) is 10.1. The van der Waals surface area contributed by atoms with Crippen molar-refractivity contribution >= 4 is 17.7 Å². The SMILES string of the molecule is Cc1[nH]nc(N2CC(C(=O)O)CC2=O)c1-c1ccccc1. The fourth-order valence-corrected chi connectivity index (χ4v) is 2.64. The van der Waals surface area contributed by atoms with Gasteiger partial charge in [0.25, 0.3) is 0 Å². The van der Waals surface area contributed by atoms with Crippen molar-refractivity contribution in [2.24, 2.45) is 5.92 Å². The van der Waals surface area contributed by atoms with Crippen molar-refractivity contribution in [3.05, 3.63) is 36.0 Å². The molecule has 2 N–H and O–H groups in total. The number of rotatable bonds is 3. The number of aromatic nitrogens is 2. The molecule has 108 valence electrons. The van der Waals surface area contributed by atoms with Gasteiger partial charge in [-0.15, -0.1) is 0 Å². The number of aryl methyl sites for hydroxylation is 1. The molecule has 0 aliphatic carbocycles. The molecule has 0 bridgehead atoms. The lowest BCUT2D eigenvalue weighted by atomic mass is 10.1. The number of H-pyrrole nitrogens is 1. The van der Waals surface area contributed by atoms with Crippen LogP contribution in [0.4, 0.5) is 5.82 Å². The highest BCUT2D eigenvalue weighted by atomic mass is 16.4. The first kappa shape index (κ1) is 13.4. The third-order valence-corrected chi connectivity index (χ3v) is 3.72. The molecular weight excluding hydrogens is 270 g/mol. The maximum atomic E-state index is 12.1. The molecule has 1 saturated heterocycles. The van der Waals surface area contributed by atoms with Gasteiger partial charge in [0.1, 0.15) is 0 Å². The van der Waals surface area contributed by atoms with Crippen LogP contribution in [0.2, 0.25) is 0 Å². The summed E-state index contributed by atoms with van der Waals surface area (Å²) in [6.45, 7) is 2.05. The number of aromatic amines is 1. The highest BCUT2D eigenvalue weighted by Crippen LogP contribution is 2.34. The molecule has 0 spiro atoms. The zero-order valence-corrected chi connectivity index (χ0v) is 11.5. The Morgan fingerprint density at radius 3 is 2.71 bits per heavy atom. The largest absolute Gasteiger partial charge is 0.481 e. The molecule has 1 fully saturated rings. The average Bonchev–Trinajstić information content (AvgIpc) is 3.03. The van der Waals surface area contributed by atoms with E-state index in [0.29, 0.717) is 5.82 Å². The van der Waals surface area contributed by atoms with Gasteiger partial charge < -0.3 is 5.11 Å². The van der Waals surface area contributed by atoms with Crippen molar-refractivity contribution in [3.63, 3.8) is 0 Å². The van der Waals surface area contributed by atoms with Crippen LogP contribution in [-0.2, 0) is 9.59 Å². The van der Waals surface area contributed by atoms with Gasteiger partial charge in [0, 0.05) is 24.2 Å². The van der Waals surface area contributed by atoms with Crippen molar-refractivity contribution in [3.8, 4) is 11.1 Å². The summed E-state index contributed by atoms with van der Waals surface area (Å²) >= 11 is 0. The Morgan fingerprint density at radius 2 is 2.10 bits per heavy atom. The number of benzene rings is 1. The molecule has 2 aromatic rings. The number of carboxylic acid groups (broad SMARTS) is 1. The molecule has 6 nitrogen and oxygen atoms in total. The van der Waals surface area contributed by atoms with E-state index < -0.39 is 11.9 Å². The normalized spacial score (nSPS) is 18.2. The number of nitrogens with zero attached hydrogens (tertiary/aromatic N) is 2. The van der Waals surface area contributed by atoms with Crippen LogP contribution in [0.3, 0.4) is 0 Å². The second-order valence-corrected chi connectivity index (χ2v) is 5.16. The van der Waals surface area contributed by atoms with Crippen LogP contribution < -0.4 is 4.90 Å². The maximum Gasteiger partial charge on any atom is 0.308 e. The number of hydrogen-bond donors (Lipinski definition) is 2. The Kier molecular flexibility index (Phi) is 3.21. The molecule has 1 unspecified atom stereocenters. The van der Waals surface area contributed by atoms with Gasteiger partial charge in [-0.2, -0.15) is 5.10 Å². The summed E-state index contributed by atoms with van der Waals surface area (Å²) in [5.74, 6) is -1.31. The summed E-state index contributed by atoms with van der Waals surface area (Å²) in [4.78, 5) is 24.6. The van der Waals surface area contributed by atoms with E-state index in [1.165, 1.54) is 4.90 Å². The number of carbonyl (C=O) groups is 2. The summed E-state index contributed by atoms with van der Waals surface area (Å²) in [5, 5.41) is 16.2. The van der Waals surface area contributed by atoms with E-state index in [-0.39, 0.29) is 18.9 Å². The Balaban J connectivity index is 2.01. The molecule has 3 rings (SSSR count). The van der Waals surface area contributed by atoms with Gasteiger partial charge in [0.05, 0.1) is 5.92 Å². The van der Waals surface area contributed by atoms with E-state index in [1.54, 1.807) is 0 Å². The molecule has 0 radical (unpaired) electrons. The zero-order valence-electron chi connectivity index (χ0n) is 11.5. The molecule has 1 amide bonds. The minimum Gasteiger partial charge on any atom is -0.481 e. The van der Waals surface area contributed by atoms with Crippen LogP contribution in [0.25, 0.3) is 11.1 Å². The van der Waals surface area contributed by atoms with E-state index in [9.17, 15) is 9.59 Å². The van der Waals surface area contributed by atoms with E-state index in [4.69, 9.17) is 5.11 Å². The Morgan fingerprint density at radius 1 is 1.38 bits per heavy atom. The number of aliphatic carboxylic acids is 1. The van der Waals surface area contributed by atoms with Gasteiger partial charge in [-0.05, 0) is 12.5 Å². The van der Waals surface area contributed by atoms with Crippen molar-refractivity contribution in [1.82, 2.24) is 10.2 Å². The smallest absolute Gasteiger partial charge is 0.308 e. The van der Waals surface area contributed by atoms with E-state index in [0.717, 1.165) is 16.8 Å². The number of amides is 1. The van der Waals surface area contributed by atoms with Gasteiger partial charge >= 0.3 is 5.97 Å². The predicted octanol–water partition coefficient (Wildman–Crippen LogP) is 1.82. The number of carbonyl (C=O) groups excluding carboxylic acids is 1. The molecule has 6 heteroatoms. The first-order valence-corrected chi connectivity index (χ1v) is 6.71. The van der Waals surface area contributed by atoms with Crippen LogP contribution in [-0.4, -0.2) is 33.7 Å². The molecule has 1 aromatic heterocycles. The van der Waals surface area contributed by atoms with Crippen molar-refractivity contribution in [2.45, 2.75) is 13.3 Å². The first-order valence-electron chi connectivity index (χ1n) is 6.71. The number of anilines is 1. The second-order valence-electron chi connectivity index (χ2n) is 5.16. The fourth-order valence-electron chi connectivity index (χ4n) is 2.64. The standard InChI is InChI=1S/C15H15N3O3/c1-9-13(10-5-3-2-4-6-10)14(17-16-9)18-8-11(15(20)21)7-12(18)19/h2-6,11H,7-8H2,1H3,(H,16,17)(H,20,21). The molecule has 1 atom stereocenters. The van der Waals surface area contributed by atoms with Gasteiger partial charge in [-0.1, -0.05) is 30.3 Å². The minimum absolute atomic E-state index is 0.0233. The summed E-state index contributed by atoms with van der Waals surface area (Å²) in [7, 11) is 0. The second kappa shape index (κ2) is 5.05. The van der Waals surface area contributed by atoms with Crippen molar-refractivity contribution in [1.29, 1.82) is 0 Å². The summed E-state index contributed by atoms with van der Waals surface area (Å²) in [6, 6.07) is 9.63. The van der Waals surface area contributed by atoms with E-state index in [1.807, 2.05) is 37.3 Å². The summed E-state index contributed by atoms with van der Waals surface area (Å²) in [6.07, 6.45) is 0.0233. The molecule has 1 aliphatic heterocycles. The predicted molar refractivity (Wildman–Crippen MR) is 76.9 cm³/mol. The number of nitrogens with one attached hydrogen (secondary N) is 1. The van der Waals surface area contributed by atoms with Crippen LogP contribution in [0.15, 0.2) is 30.3 Å². The molecular formula is C15H15N3O3. The highest BCUT2D eigenvalue weighted by Gasteiger charge is 2.37. The van der Waals surface area contributed by atoms with Crippen molar-refractivity contribution < 1.29 is 14.7 Å². The lowest BCUT2D eigenvalue weighted by Crippen LogP contribution is -2.26. The monoisotopic (exact) mass is 285 g/mol. The zero-order chi connectivity index (χ0) is 15.0. The Labute approximate surface area is 121 Å². The molecule has 1 aliphatic rings. The maximum absolute atomic E-state index is 12.1. The summed E-state index contributed by atoms with van der Waals surface area (Å²) in [5.41, 5.74) is 2.64. The van der Waals surface area contributed by atoms with E-state index >= 15 is 0 Å². The van der Waals surface area contributed by atoms with Gasteiger partial charge in [0.2, 0.25) is 5.91 Å². The third-order valence-electron chi connectivity index (χ3n) is 3.72. The van der Waals surface area contributed by atoms with Crippen LogP contribution in [0.5, 0.6) is 0 Å². The minimum atomic E-state index is -0.945.